The van der Waals surface area contributed by atoms with E-state index in [1.165, 1.54) is 0 Å². The van der Waals surface area contributed by atoms with Crippen molar-refractivity contribution >= 4 is 5.84 Å². The summed E-state index contributed by atoms with van der Waals surface area (Å²) in [5, 5.41) is 14.7. The van der Waals surface area contributed by atoms with E-state index in [2.05, 4.69) is 15.4 Å². The van der Waals surface area contributed by atoms with Crippen LogP contribution < -0.4 is 11.1 Å². The molecule has 0 amide bonds. The van der Waals surface area contributed by atoms with Crippen LogP contribution in [0.25, 0.3) is 0 Å². The molecule has 0 saturated carbocycles. The lowest BCUT2D eigenvalue weighted by molar-refractivity contribution is 0.0382. The van der Waals surface area contributed by atoms with Gasteiger partial charge in [0.25, 0.3) is 0 Å². The molecule has 6 nitrogen and oxygen atoms in total. The van der Waals surface area contributed by atoms with E-state index in [1.807, 2.05) is 6.92 Å². The first kappa shape index (κ1) is 13.2. The Morgan fingerprint density at radius 2 is 2.25 bits per heavy atom. The van der Waals surface area contributed by atoms with E-state index in [0.717, 1.165) is 39.4 Å². The Morgan fingerprint density at radius 3 is 2.88 bits per heavy atom. The van der Waals surface area contributed by atoms with Crippen molar-refractivity contribution in [2.24, 2.45) is 10.9 Å². The SMILES string of the molecule is CC(CC(N)=NO)NCCN1CCOCC1. The minimum absolute atomic E-state index is 0.233. The molecule has 0 spiro atoms. The maximum Gasteiger partial charge on any atom is 0.140 e. The fourth-order valence-corrected chi connectivity index (χ4v) is 1.72. The predicted molar refractivity (Wildman–Crippen MR) is 62.7 cm³/mol. The van der Waals surface area contributed by atoms with E-state index in [4.69, 9.17) is 15.7 Å². The van der Waals surface area contributed by atoms with Crippen molar-refractivity contribution in [1.82, 2.24) is 10.2 Å². The van der Waals surface area contributed by atoms with Gasteiger partial charge >= 0.3 is 0 Å². The van der Waals surface area contributed by atoms with Gasteiger partial charge in [0.1, 0.15) is 5.84 Å². The van der Waals surface area contributed by atoms with Crippen LogP contribution in [-0.4, -0.2) is 61.4 Å². The van der Waals surface area contributed by atoms with Gasteiger partial charge in [-0.1, -0.05) is 5.16 Å². The molecule has 6 heteroatoms. The molecule has 1 atom stereocenters. The van der Waals surface area contributed by atoms with Crippen LogP contribution in [0.15, 0.2) is 5.16 Å². The lowest BCUT2D eigenvalue weighted by Crippen LogP contribution is -2.42. The number of hydrogen-bond donors (Lipinski definition) is 3. The minimum atomic E-state index is 0.233. The number of rotatable bonds is 6. The molecule has 1 rings (SSSR count). The van der Waals surface area contributed by atoms with Gasteiger partial charge in [-0.3, -0.25) is 4.90 Å². The molecule has 16 heavy (non-hydrogen) atoms. The Morgan fingerprint density at radius 1 is 1.56 bits per heavy atom. The molecule has 1 aliphatic rings. The van der Waals surface area contributed by atoms with Gasteiger partial charge in [-0.2, -0.15) is 0 Å². The summed E-state index contributed by atoms with van der Waals surface area (Å²) in [6.07, 6.45) is 0.569. The average Bonchev–Trinajstić information content (AvgIpc) is 2.30. The highest BCUT2D eigenvalue weighted by Gasteiger charge is 2.10. The molecule has 0 aromatic rings. The number of nitrogens with one attached hydrogen (secondary N) is 1. The Kier molecular flexibility index (Phi) is 6.14. The lowest BCUT2D eigenvalue weighted by atomic mass is 10.2. The highest BCUT2D eigenvalue weighted by atomic mass is 16.5. The quantitative estimate of drug-likeness (QED) is 0.246. The van der Waals surface area contributed by atoms with Gasteiger partial charge in [0.2, 0.25) is 0 Å². The summed E-state index contributed by atoms with van der Waals surface area (Å²) in [6.45, 7) is 7.65. The molecule has 1 saturated heterocycles. The van der Waals surface area contributed by atoms with Crippen LogP contribution >= 0.6 is 0 Å². The summed E-state index contributed by atoms with van der Waals surface area (Å²) in [7, 11) is 0. The Labute approximate surface area is 96.4 Å². The molecule has 1 fully saturated rings. The molecule has 94 valence electrons. The first-order chi connectivity index (χ1) is 7.72. The molecular weight excluding hydrogens is 208 g/mol. The first-order valence-electron chi connectivity index (χ1n) is 5.72. The summed E-state index contributed by atoms with van der Waals surface area (Å²) < 4.78 is 5.27. The monoisotopic (exact) mass is 230 g/mol. The number of nitrogens with zero attached hydrogens (tertiary/aromatic N) is 2. The van der Waals surface area contributed by atoms with Gasteiger partial charge in [0, 0.05) is 38.6 Å². The second-order valence-electron chi connectivity index (χ2n) is 4.10. The average molecular weight is 230 g/mol. The summed E-state index contributed by atoms with van der Waals surface area (Å²) in [5.41, 5.74) is 5.42. The lowest BCUT2D eigenvalue weighted by Gasteiger charge is -2.27. The van der Waals surface area contributed by atoms with E-state index in [-0.39, 0.29) is 11.9 Å². The Bertz CT molecular complexity index is 217. The summed E-state index contributed by atoms with van der Waals surface area (Å²) in [5.74, 6) is 0.270. The number of oxime groups is 1. The predicted octanol–water partition coefficient (Wildman–Crippen LogP) is -0.567. The van der Waals surface area contributed by atoms with E-state index in [9.17, 15) is 0 Å². The third-order valence-corrected chi connectivity index (χ3v) is 2.67. The summed E-state index contributed by atoms with van der Waals surface area (Å²) in [4.78, 5) is 2.37. The zero-order valence-corrected chi connectivity index (χ0v) is 9.85. The van der Waals surface area contributed by atoms with Crippen LogP contribution in [-0.2, 0) is 4.74 Å². The van der Waals surface area contributed by atoms with Crippen molar-refractivity contribution < 1.29 is 9.94 Å². The smallest absolute Gasteiger partial charge is 0.140 e. The third kappa shape index (κ3) is 5.29. The fraction of sp³-hybridized carbons (Fsp3) is 0.900. The third-order valence-electron chi connectivity index (χ3n) is 2.67. The number of nitrogens with two attached hydrogens (primary N) is 1. The van der Waals surface area contributed by atoms with Crippen LogP contribution in [0.2, 0.25) is 0 Å². The van der Waals surface area contributed by atoms with Gasteiger partial charge in [0.05, 0.1) is 13.2 Å². The van der Waals surface area contributed by atoms with Crippen molar-refractivity contribution in [3.63, 3.8) is 0 Å². The number of ether oxygens (including phenoxy) is 1. The number of morpholine rings is 1. The molecule has 0 bridgehead atoms. The molecular formula is C10H22N4O2. The van der Waals surface area contributed by atoms with Crippen molar-refractivity contribution in [2.45, 2.75) is 19.4 Å². The van der Waals surface area contributed by atoms with Crippen LogP contribution in [0.4, 0.5) is 0 Å². The highest BCUT2D eigenvalue weighted by Crippen LogP contribution is 1.96. The van der Waals surface area contributed by atoms with Crippen LogP contribution in [0.5, 0.6) is 0 Å². The molecule has 1 heterocycles. The van der Waals surface area contributed by atoms with Crippen molar-refractivity contribution in [1.29, 1.82) is 0 Å². The van der Waals surface area contributed by atoms with Crippen molar-refractivity contribution in [2.75, 3.05) is 39.4 Å². The van der Waals surface area contributed by atoms with Crippen LogP contribution in [0, 0.1) is 0 Å². The molecule has 1 unspecified atom stereocenters. The standard InChI is InChI=1S/C10H22N4O2/c1-9(8-10(11)13-15)12-2-3-14-4-6-16-7-5-14/h9,12,15H,2-8H2,1H3,(H2,11,13). The normalized spacial score (nSPS) is 20.9. The van der Waals surface area contributed by atoms with Gasteiger partial charge in [-0.25, -0.2) is 0 Å². The van der Waals surface area contributed by atoms with Gasteiger partial charge < -0.3 is 21.0 Å². The van der Waals surface area contributed by atoms with E-state index in [0.29, 0.717) is 6.42 Å². The zero-order valence-electron chi connectivity index (χ0n) is 9.85. The topological polar surface area (TPSA) is 83.1 Å². The Balaban J connectivity index is 2.05. The minimum Gasteiger partial charge on any atom is -0.409 e. The highest BCUT2D eigenvalue weighted by molar-refractivity contribution is 5.80. The summed E-state index contributed by atoms with van der Waals surface area (Å²) in [6, 6.07) is 0.233. The second-order valence-corrected chi connectivity index (χ2v) is 4.10. The summed E-state index contributed by atoms with van der Waals surface area (Å²) >= 11 is 0. The van der Waals surface area contributed by atoms with Crippen LogP contribution in [0.1, 0.15) is 13.3 Å². The number of hydrogen-bond acceptors (Lipinski definition) is 5. The number of amidine groups is 1. The first-order valence-corrected chi connectivity index (χ1v) is 5.72. The molecule has 0 aromatic carbocycles. The molecule has 0 aliphatic carbocycles. The molecule has 1 aliphatic heterocycles. The van der Waals surface area contributed by atoms with Gasteiger partial charge in [-0.15, -0.1) is 0 Å². The van der Waals surface area contributed by atoms with Crippen molar-refractivity contribution in [3.05, 3.63) is 0 Å². The van der Waals surface area contributed by atoms with E-state index in [1.54, 1.807) is 0 Å². The maximum atomic E-state index is 8.43. The van der Waals surface area contributed by atoms with Crippen LogP contribution in [0.3, 0.4) is 0 Å². The van der Waals surface area contributed by atoms with Gasteiger partial charge in [0.15, 0.2) is 0 Å². The van der Waals surface area contributed by atoms with Gasteiger partial charge in [-0.05, 0) is 6.92 Å². The second kappa shape index (κ2) is 7.43. The van der Waals surface area contributed by atoms with E-state index >= 15 is 0 Å². The molecule has 0 aromatic heterocycles. The zero-order chi connectivity index (χ0) is 11.8. The largest absolute Gasteiger partial charge is 0.409 e. The Hall–Kier alpha value is -0.850. The maximum absolute atomic E-state index is 8.43. The molecule has 4 N–H and O–H groups in total. The fourth-order valence-electron chi connectivity index (χ4n) is 1.72. The van der Waals surface area contributed by atoms with E-state index < -0.39 is 0 Å². The van der Waals surface area contributed by atoms with Crippen molar-refractivity contribution in [3.8, 4) is 0 Å². The molecule has 0 radical (unpaired) electrons.